The standard InChI is InChI=1S/C13H24N2O2/c1-15(10-12-4-2-3-9-17-12)13(16)7-8-14-11-5-6-11/h11-12,14H,2-10H2,1H3. The van der Waals surface area contributed by atoms with Gasteiger partial charge >= 0.3 is 0 Å². The van der Waals surface area contributed by atoms with Crippen LogP contribution in [0.2, 0.25) is 0 Å². The highest BCUT2D eigenvalue weighted by Gasteiger charge is 2.21. The van der Waals surface area contributed by atoms with Crippen molar-refractivity contribution in [3.05, 3.63) is 0 Å². The summed E-state index contributed by atoms with van der Waals surface area (Å²) in [7, 11) is 1.89. The lowest BCUT2D eigenvalue weighted by molar-refractivity contribution is -0.132. The number of ether oxygens (including phenoxy) is 1. The first-order chi connectivity index (χ1) is 8.25. The van der Waals surface area contributed by atoms with E-state index in [1.807, 2.05) is 11.9 Å². The monoisotopic (exact) mass is 240 g/mol. The Labute approximate surface area is 104 Å². The molecular formula is C13H24N2O2. The zero-order chi connectivity index (χ0) is 12.1. The predicted molar refractivity (Wildman–Crippen MR) is 66.9 cm³/mol. The van der Waals surface area contributed by atoms with E-state index >= 15 is 0 Å². The molecule has 2 rings (SSSR count). The summed E-state index contributed by atoms with van der Waals surface area (Å²) in [5, 5.41) is 3.37. The summed E-state index contributed by atoms with van der Waals surface area (Å²) in [5.74, 6) is 0.229. The van der Waals surface area contributed by atoms with Gasteiger partial charge in [0, 0.05) is 39.2 Å². The van der Waals surface area contributed by atoms with Crippen molar-refractivity contribution < 1.29 is 9.53 Å². The molecule has 2 fully saturated rings. The number of carbonyl (C=O) groups is 1. The maximum Gasteiger partial charge on any atom is 0.223 e. The van der Waals surface area contributed by atoms with Gasteiger partial charge in [0.05, 0.1) is 6.10 Å². The molecule has 1 aliphatic heterocycles. The minimum Gasteiger partial charge on any atom is -0.376 e. The number of amides is 1. The van der Waals surface area contributed by atoms with Crippen LogP contribution < -0.4 is 5.32 Å². The van der Waals surface area contributed by atoms with Crippen LogP contribution in [0.4, 0.5) is 0 Å². The molecular weight excluding hydrogens is 216 g/mol. The van der Waals surface area contributed by atoms with Crippen LogP contribution >= 0.6 is 0 Å². The molecule has 0 aromatic rings. The highest BCUT2D eigenvalue weighted by molar-refractivity contribution is 5.76. The van der Waals surface area contributed by atoms with Crippen molar-refractivity contribution in [2.75, 3.05) is 26.7 Å². The van der Waals surface area contributed by atoms with Crippen LogP contribution in [0.15, 0.2) is 0 Å². The third-order valence-electron chi connectivity index (χ3n) is 3.53. The van der Waals surface area contributed by atoms with E-state index in [4.69, 9.17) is 4.74 Å². The first kappa shape index (κ1) is 12.8. The number of rotatable bonds is 6. The maximum atomic E-state index is 11.8. The van der Waals surface area contributed by atoms with Crippen molar-refractivity contribution in [1.82, 2.24) is 10.2 Å². The third-order valence-corrected chi connectivity index (χ3v) is 3.53. The Hall–Kier alpha value is -0.610. The fourth-order valence-corrected chi connectivity index (χ4v) is 2.22. The maximum absolute atomic E-state index is 11.8. The van der Waals surface area contributed by atoms with Gasteiger partial charge in [-0.1, -0.05) is 0 Å². The minimum atomic E-state index is 0.229. The Morgan fingerprint density at radius 3 is 2.82 bits per heavy atom. The first-order valence-electron chi connectivity index (χ1n) is 6.84. The van der Waals surface area contributed by atoms with Gasteiger partial charge in [-0.2, -0.15) is 0 Å². The fraction of sp³-hybridized carbons (Fsp3) is 0.923. The quantitative estimate of drug-likeness (QED) is 0.757. The Balaban J connectivity index is 1.59. The van der Waals surface area contributed by atoms with Gasteiger partial charge < -0.3 is 15.0 Å². The molecule has 1 heterocycles. The summed E-state index contributed by atoms with van der Waals surface area (Å²) < 4.78 is 5.64. The van der Waals surface area contributed by atoms with Gasteiger partial charge in [0.1, 0.15) is 0 Å². The van der Waals surface area contributed by atoms with Crippen LogP contribution in [0, 0.1) is 0 Å². The smallest absolute Gasteiger partial charge is 0.223 e. The van der Waals surface area contributed by atoms with E-state index in [-0.39, 0.29) is 12.0 Å². The van der Waals surface area contributed by atoms with E-state index in [2.05, 4.69) is 5.32 Å². The van der Waals surface area contributed by atoms with Crippen LogP contribution in [0.5, 0.6) is 0 Å². The summed E-state index contributed by atoms with van der Waals surface area (Å²) in [6, 6.07) is 0.690. The van der Waals surface area contributed by atoms with Crippen LogP contribution in [-0.4, -0.2) is 49.7 Å². The molecule has 4 heteroatoms. The summed E-state index contributed by atoms with van der Waals surface area (Å²) >= 11 is 0. The number of nitrogens with one attached hydrogen (secondary N) is 1. The average molecular weight is 240 g/mol. The molecule has 0 spiro atoms. The largest absolute Gasteiger partial charge is 0.376 e. The fourth-order valence-electron chi connectivity index (χ4n) is 2.22. The average Bonchev–Trinajstić information content (AvgIpc) is 3.14. The molecule has 0 radical (unpaired) electrons. The Morgan fingerprint density at radius 2 is 2.18 bits per heavy atom. The number of hydrogen-bond donors (Lipinski definition) is 1. The zero-order valence-electron chi connectivity index (χ0n) is 10.8. The van der Waals surface area contributed by atoms with Gasteiger partial charge in [0.2, 0.25) is 5.91 Å². The van der Waals surface area contributed by atoms with Gasteiger partial charge in [-0.3, -0.25) is 4.79 Å². The van der Waals surface area contributed by atoms with E-state index in [0.29, 0.717) is 12.5 Å². The lowest BCUT2D eigenvalue weighted by atomic mass is 10.1. The molecule has 1 unspecified atom stereocenters. The van der Waals surface area contributed by atoms with Crippen LogP contribution in [0.3, 0.4) is 0 Å². The van der Waals surface area contributed by atoms with Gasteiger partial charge in [-0.15, -0.1) is 0 Å². The topological polar surface area (TPSA) is 41.6 Å². The molecule has 1 aliphatic carbocycles. The number of nitrogens with zero attached hydrogens (tertiary/aromatic N) is 1. The highest BCUT2D eigenvalue weighted by Crippen LogP contribution is 2.18. The van der Waals surface area contributed by atoms with Gasteiger partial charge in [-0.25, -0.2) is 0 Å². The van der Waals surface area contributed by atoms with E-state index in [1.54, 1.807) is 0 Å². The van der Waals surface area contributed by atoms with Crippen LogP contribution in [-0.2, 0) is 9.53 Å². The van der Waals surface area contributed by atoms with E-state index in [1.165, 1.54) is 25.7 Å². The Bertz CT molecular complexity index is 248. The minimum absolute atomic E-state index is 0.229. The second-order valence-electron chi connectivity index (χ2n) is 5.24. The van der Waals surface area contributed by atoms with Crippen molar-refractivity contribution >= 4 is 5.91 Å². The van der Waals surface area contributed by atoms with Crippen molar-refractivity contribution in [1.29, 1.82) is 0 Å². The number of carbonyl (C=O) groups excluding carboxylic acids is 1. The van der Waals surface area contributed by atoms with Gasteiger partial charge in [0.25, 0.3) is 0 Å². The third kappa shape index (κ3) is 4.64. The summed E-state index contributed by atoms with van der Waals surface area (Å²) in [4.78, 5) is 13.7. The molecule has 4 nitrogen and oxygen atoms in total. The van der Waals surface area contributed by atoms with Crippen molar-refractivity contribution in [3.8, 4) is 0 Å². The second kappa shape index (κ2) is 6.36. The highest BCUT2D eigenvalue weighted by atomic mass is 16.5. The number of likely N-dealkylation sites (N-methyl/N-ethyl adjacent to an activating group) is 1. The van der Waals surface area contributed by atoms with Crippen molar-refractivity contribution in [3.63, 3.8) is 0 Å². The first-order valence-corrected chi connectivity index (χ1v) is 6.84. The van der Waals surface area contributed by atoms with Crippen LogP contribution in [0.25, 0.3) is 0 Å². The van der Waals surface area contributed by atoms with Crippen molar-refractivity contribution in [2.24, 2.45) is 0 Å². The SMILES string of the molecule is CN(CC1CCCCO1)C(=O)CCNC1CC1. The molecule has 2 aliphatic rings. The zero-order valence-corrected chi connectivity index (χ0v) is 10.8. The lowest BCUT2D eigenvalue weighted by Gasteiger charge is -2.27. The van der Waals surface area contributed by atoms with Crippen LogP contribution in [0.1, 0.15) is 38.5 Å². The molecule has 0 bridgehead atoms. The normalized spacial score (nSPS) is 24.6. The molecule has 0 aromatic carbocycles. The Kier molecular flexibility index (Phi) is 4.80. The molecule has 0 aromatic heterocycles. The van der Waals surface area contributed by atoms with E-state index in [0.717, 1.165) is 26.1 Å². The Morgan fingerprint density at radius 1 is 1.35 bits per heavy atom. The van der Waals surface area contributed by atoms with Gasteiger partial charge in [-0.05, 0) is 32.1 Å². The molecule has 98 valence electrons. The van der Waals surface area contributed by atoms with Crippen molar-refractivity contribution in [2.45, 2.75) is 50.7 Å². The van der Waals surface area contributed by atoms with E-state index < -0.39 is 0 Å². The lowest BCUT2D eigenvalue weighted by Crippen LogP contribution is -2.38. The molecule has 1 N–H and O–H groups in total. The molecule has 17 heavy (non-hydrogen) atoms. The molecule has 1 amide bonds. The molecule has 1 saturated heterocycles. The summed E-state index contributed by atoms with van der Waals surface area (Å²) in [6.07, 6.45) is 6.92. The van der Waals surface area contributed by atoms with E-state index in [9.17, 15) is 4.79 Å². The molecule has 1 atom stereocenters. The second-order valence-corrected chi connectivity index (χ2v) is 5.24. The number of hydrogen-bond acceptors (Lipinski definition) is 3. The summed E-state index contributed by atoms with van der Waals surface area (Å²) in [5.41, 5.74) is 0. The predicted octanol–water partition coefficient (Wildman–Crippen LogP) is 1.16. The van der Waals surface area contributed by atoms with Gasteiger partial charge in [0.15, 0.2) is 0 Å². The molecule has 1 saturated carbocycles. The summed E-state index contributed by atoms with van der Waals surface area (Å²) in [6.45, 7) is 2.43.